The normalized spacial score (nSPS) is 9.84. The number of nitrogens with zero attached hydrogens (tertiary/aromatic N) is 1. The first-order chi connectivity index (χ1) is 9.06. The van der Waals surface area contributed by atoms with Gasteiger partial charge in [-0.05, 0) is 17.7 Å². The quantitative estimate of drug-likeness (QED) is 0.727. The van der Waals surface area contributed by atoms with E-state index in [-0.39, 0.29) is 18.3 Å². The Bertz CT molecular complexity index is 428. The van der Waals surface area contributed by atoms with E-state index in [1.165, 1.54) is 12.0 Å². The summed E-state index contributed by atoms with van der Waals surface area (Å²) in [4.78, 5) is 24.4. The van der Waals surface area contributed by atoms with Gasteiger partial charge in [0, 0.05) is 13.6 Å². The van der Waals surface area contributed by atoms with Crippen molar-refractivity contribution in [2.75, 3.05) is 27.8 Å². The molecule has 0 aliphatic rings. The third-order valence-corrected chi connectivity index (χ3v) is 2.82. The van der Waals surface area contributed by atoms with Gasteiger partial charge in [-0.3, -0.25) is 9.59 Å². The van der Waals surface area contributed by atoms with Gasteiger partial charge in [-0.25, -0.2) is 0 Å². The predicted molar refractivity (Wildman–Crippen MR) is 71.0 cm³/mol. The monoisotopic (exact) mass is 265 g/mol. The highest BCUT2D eigenvalue weighted by Gasteiger charge is 2.11. The number of ether oxygens (including phenoxy) is 2. The Balaban J connectivity index is 2.46. The van der Waals surface area contributed by atoms with E-state index < -0.39 is 0 Å². The van der Waals surface area contributed by atoms with Crippen LogP contribution < -0.4 is 4.74 Å². The second-order valence-corrected chi connectivity index (χ2v) is 4.17. The molecule has 0 atom stereocenters. The van der Waals surface area contributed by atoms with Crippen LogP contribution in [0.5, 0.6) is 5.75 Å². The Morgan fingerprint density at radius 2 is 1.79 bits per heavy atom. The van der Waals surface area contributed by atoms with Crippen LogP contribution in [0.3, 0.4) is 0 Å². The van der Waals surface area contributed by atoms with Crippen LogP contribution in [-0.4, -0.2) is 44.6 Å². The predicted octanol–water partition coefficient (Wildman–Crippen LogP) is 1.26. The summed E-state index contributed by atoms with van der Waals surface area (Å²) in [5, 5.41) is 0. The largest absolute Gasteiger partial charge is 0.497 e. The van der Waals surface area contributed by atoms with Crippen molar-refractivity contribution >= 4 is 11.9 Å². The lowest BCUT2D eigenvalue weighted by Crippen LogP contribution is -2.30. The van der Waals surface area contributed by atoms with Gasteiger partial charge in [0.05, 0.1) is 27.1 Å². The molecule has 0 unspecified atom stereocenters. The summed E-state index contributed by atoms with van der Waals surface area (Å²) in [6.45, 7) is 0.363. The Labute approximate surface area is 113 Å². The van der Waals surface area contributed by atoms with Gasteiger partial charge in [0.1, 0.15) is 5.75 Å². The van der Waals surface area contributed by atoms with E-state index in [1.807, 2.05) is 24.3 Å². The van der Waals surface area contributed by atoms with Crippen molar-refractivity contribution in [3.8, 4) is 5.75 Å². The topological polar surface area (TPSA) is 55.8 Å². The SMILES string of the molecule is COC(=O)CCN(C)C(=O)Cc1ccc(OC)cc1. The van der Waals surface area contributed by atoms with E-state index in [9.17, 15) is 9.59 Å². The smallest absolute Gasteiger partial charge is 0.307 e. The highest BCUT2D eigenvalue weighted by Crippen LogP contribution is 2.12. The number of esters is 1. The van der Waals surface area contributed by atoms with Gasteiger partial charge >= 0.3 is 5.97 Å². The molecule has 0 fully saturated rings. The molecular formula is C14H19NO4. The zero-order valence-corrected chi connectivity index (χ0v) is 11.5. The number of hydrogen-bond acceptors (Lipinski definition) is 4. The second-order valence-electron chi connectivity index (χ2n) is 4.17. The fourth-order valence-electron chi connectivity index (χ4n) is 1.54. The minimum Gasteiger partial charge on any atom is -0.497 e. The first kappa shape index (κ1) is 15.0. The molecule has 1 aromatic carbocycles. The number of carbonyl (C=O) groups is 2. The van der Waals surface area contributed by atoms with E-state index in [0.29, 0.717) is 13.0 Å². The number of amides is 1. The van der Waals surface area contributed by atoms with Crippen molar-refractivity contribution in [1.29, 1.82) is 0 Å². The summed E-state index contributed by atoms with van der Waals surface area (Å²) in [6, 6.07) is 7.34. The van der Waals surface area contributed by atoms with Gasteiger partial charge in [-0.15, -0.1) is 0 Å². The van der Waals surface area contributed by atoms with Crippen molar-refractivity contribution in [3.05, 3.63) is 29.8 Å². The molecule has 0 saturated carbocycles. The van der Waals surface area contributed by atoms with Crippen LogP contribution in [0, 0.1) is 0 Å². The molecule has 0 N–H and O–H groups in total. The third-order valence-electron chi connectivity index (χ3n) is 2.82. The lowest BCUT2D eigenvalue weighted by atomic mass is 10.1. The van der Waals surface area contributed by atoms with Gasteiger partial charge in [0.25, 0.3) is 0 Å². The zero-order valence-electron chi connectivity index (χ0n) is 11.5. The minimum atomic E-state index is -0.316. The number of methoxy groups -OCH3 is 2. The second kappa shape index (κ2) is 7.41. The van der Waals surface area contributed by atoms with Gasteiger partial charge in [0.15, 0.2) is 0 Å². The number of rotatable bonds is 6. The number of hydrogen-bond donors (Lipinski definition) is 0. The Kier molecular flexibility index (Phi) is 5.85. The molecule has 104 valence electrons. The van der Waals surface area contributed by atoms with Gasteiger partial charge in [0.2, 0.25) is 5.91 Å². The molecular weight excluding hydrogens is 246 g/mol. The number of carbonyl (C=O) groups excluding carboxylic acids is 2. The van der Waals surface area contributed by atoms with Crippen LogP contribution in [0.4, 0.5) is 0 Å². The van der Waals surface area contributed by atoms with E-state index in [1.54, 1.807) is 14.2 Å². The van der Waals surface area contributed by atoms with E-state index >= 15 is 0 Å². The van der Waals surface area contributed by atoms with Crippen LogP contribution in [0.15, 0.2) is 24.3 Å². The van der Waals surface area contributed by atoms with Crippen LogP contribution >= 0.6 is 0 Å². The molecule has 0 aromatic heterocycles. The lowest BCUT2D eigenvalue weighted by molar-refractivity contribution is -0.141. The highest BCUT2D eigenvalue weighted by molar-refractivity contribution is 5.79. The maximum Gasteiger partial charge on any atom is 0.307 e. The third kappa shape index (κ3) is 4.99. The molecule has 5 heteroatoms. The first-order valence-corrected chi connectivity index (χ1v) is 6.00. The molecule has 5 nitrogen and oxygen atoms in total. The van der Waals surface area contributed by atoms with Crippen LogP contribution in [0.25, 0.3) is 0 Å². The molecule has 0 radical (unpaired) electrons. The molecule has 0 aliphatic carbocycles. The van der Waals surface area contributed by atoms with E-state index in [4.69, 9.17) is 4.74 Å². The summed E-state index contributed by atoms with van der Waals surface area (Å²) >= 11 is 0. The molecule has 1 aromatic rings. The molecule has 0 bridgehead atoms. The maximum absolute atomic E-state index is 11.9. The molecule has 0 saturated heterocycles. The Morgan fingerprint density at radius 3 is 2.32 bits per heavy atom. The lowest BCUT2D eigenvalue weighted by Gasteiger charge is -2.16. The summed E-state index contributed by atoms with van der Waals surface area (Å²) in [5.41, 5.74) is 0.913. The molecule has 1 amide bonds. The zero-order chi connectivity index (χ0) is 14.3. The van der Waals surface area contributed by atoms with Crippen molar-refractivity contribution in [2.24, 2.45) is 0 Å². The standard InChI is InChI=1S/C14H19NO4/c1-15(9-8-14(17)19-3)13(16)10-11-4-6-12(18-2)7-5-11/h4-7H,8-10H2,1-3H3. The summed E-state index contributed by atoms with van der Waals surface area (Å²) in [6.07, 6.45) is 0.517. The molecule has 19 heavy (non-hydrogen) atoms. The minimum absolute atomic E-state index is 0.0333. The molecule has 1 rings (SSSR count). The van der Waals surface area contributed by atoms with Crippen molar-refractivity contribution in [2.45, 2.75) is 12.8 Å². The van der Waals surface area contributed by atoms with Gasteiger partial charge in [-0.2, -0.15) is 0 Å². The van der Waals surface area contributed by atoms with Crippen LogP contribution in [0.1, 0.15) is 12.0 Å². The van der Waals surface area contributed by atoms with Crippen LogP contribution in [-0.2, 0) is 20.7 Å². The summed E-state index contributed by atoms with van der Waals surface area (Å²) < 4.78 is 9.59. The maximum atomic E-state index is 11.9. The van der Waals surface area contributed by atoms with Crippen molar-refractivity contribution < 1.29 is 19.1 Å². The summed E-state index contributed by atoms with van der Waals surface area (Å²) in [5.74, 6) is 0.411. The first-order valence-electron chi connectivity index (χ1n) is 6.00. The van der Waals surface area contributed by atoms with Crippen molar-refractivity contribution in [1.82, 2.24) is 4.90 Å². The molecule has 0 heterocycles. The highest BCUT2D eigenvalue weighted by atomic mass is 16.5. The van der Waals surface area contributed by atoms with E-state index in [0.717, 1.165) is 11.3 Å². The Hall–Kier alpha value is -2.04. The molecule has 0 spiro atoms. The average molecular weight is 265 g/mol. The van der Waals surface area contributed by atoms with E-state index in [2.05, 4.69) is 4.74 Å². The fourth-order valence-corrected chi connectivity index (χ4v) is 1.54. The van der Waals surface area contributed by atoms with Gasteiger partial charge < -0.3 is 14.4 Å². The number of likely N-dealkylation sites (N-methyl/N-ethyl adjacent to an activating group) is 1. The van der Waals surface area contributed by atoms with Gasteiger partial charge in [-0.1, -0.05) is 12.1 Å². The van der Waals surface area contributed by atoms with Crippen molar-refractivity contribution in [3.63, 3.8) is 0 Å². The average Bonchev–Trinajstić information content (AvgIpc) is 2.44. The fraction of sp³-hybridized carbons (Fsp3) is 0.429. The summed E-state index contributed by atoms with van der Waals surface area (Å²) in [7, 11) is 4.61. The van der Waals surface area contributed by atoms with Crippen LogP contribution in [0.2, 0.25) is 0 Å². The Morgan fingerprint density at radius 1 is 1.16 bits per heavy atom. The number of benzene rings is 1. The molecule has 0 aliphatic heterocycles.